The van der Waals surface area contributed by atoms with Crippen molar-refractivity contribution < 1.29 is 19.1 Å². The van der Waals surface area contributed by atoms with Crippen LogP contribution < -0.4 is 26.6 Å². The van der Waals surface area contributed by atoms with Gasteiger partial charge in [-0.05, 0) is 117 Å². The predicted molar refractivity (Wildman–Crippen MR) is 264 cm³/mol. The summed E-state index contributed by atoms with van der Waals surface area (Å²) >= 11 is 6.56. The van der Waals surface area contributed by atoms with Crippen LogP contribution in [0, 0.1) is 0 Å². The lowest BCUT2D eigenvalue weighted by molar-refractivity contribution is -0.117. The fourth-order valence-electron chi connectivity index (χ4n) is 7.29. The third-order valence-electron chi connectivity index (χ3n) is 10.2. The largest absolute Gasteiger partial charge is 0.444 e. The van der Waals surface area contributed by atoms with Gasteiger partial charge in [0.05, 0.1) is 27.0 Å². The Morgan fingerprint density at radius 2 is 1.17 bits per heavy atom. The fraction of sp³-hybridized carbons (Fsp3) is 0.468. The average Bonchev–Trinajstić information content (AvgIpc) is 3.98. The summed E-state index contributed by atoms with van der Waals surface area (Å²) < 4.78 is 7.88. The second-order valence-electron chi connectivity index (χ2n) is 18.9. The molecule has 63 heavy (non-hydrogen) atoms. The Labute approximate surface area is 386 Å². The van der Waals surface area contributed by atoms with Gasteiger partial charge in [-0.2, -0.15) is 0 Å². The van der Waals surface area contributed by atoms with Gasteiger partial charge in [0.15, 0.2) is 0 Å². The number of thiazole rings is 2. The van der Waals surface area contributed by atoms with Crippen molar-refractivity contribution in [3.05, 3.63) is 69.4 Å². The number of fused-ring (bicyclic) bond motifs is 4. The Hall–Kier alpha value is -4.29. The molecule has 0 fully saturated rings. The van der Waals surface area contributed by atoms with Crippen molar-refractivity contribution in [1.82, 2.24) is 30.8 Å². The maximum Gasteiger partial charge on any atom is 0.410 e. The van der Waals surface area contributed by atoms with Gasteiger partial charge in [-0.15, -0.1) is 45.3 Å². The lowest BCUT2D eigenvalue weighted by atomic mass is 10.0. The van der Waals surface area contributed by atoms with Crippen LogP contribution in [0.4, 0.5) is 14.8 Å². The van der Waals surface area contributed by atoms with Crippen LogP contribution >= 0.6 is 45.3 Å². The molecule has 6 heterocycles. The lowest BCUT2D eigenvalue weighted by Gasteiger charge is -2.30. The zero-order valence-electron chi connectivity index (χ0n) is 37.8. The summed E-state index contributed by atoms with van der Waals surface area (Å²) in [5.41, 5.74) is 6.02. The van der Waals surface area contributed by atoms with E-state index >= 15 is 0 Å². The van der Waals surface area contributed by atoms with E-state index < -0.39 is 5.60 Å². The molecule has 0 saturated heterocycles. The van der Waals surface area contributed by atoms with Gasteiger partial charge in [0.2, 0.25) is 11.8 Å². The normalized spacial score (nSPS) is 14.2. The number of carbonyl (C=O) groups is 3. The Morgan fingerprint density at radius 1 is 0.683 bits per heavy atom. The van der Waals surface area contributed by atoms with Crippen LogP contribution in [0.5, 0.6) is 0 Å². The number of hydrogen-bond donors (Lipinski definition) is 5. The monoisotopic (exact) mass is 928 g/mol. The highest BCUT2D eigenvalue weighted by Gasteiger charge is 2.32. The second-order valence-corrected chi connectivity index (χ2v) is 23.2. The molecular formula is C47H60N8O4S4. The summed E-state index contributed by atoms with van der Waals surface area (Å²) in [6.07, 6.45) is 2.19. The number of nitrogens with zero attached hydrogens (tertiary/aromatic N) is 3. The summed E-state index contributed by atoms with van der Waals surface area (Å²) in [5.74, 6) is 0.0115. The third kappa shape index (κ3) is 12.3. The molecule has 16 heteroatoms. The molecule has 0 unspecified atom stereocenters. The number of para-hydroxylation sites is 2. The molecule has 0 aliphatic carbocycles. The maximum absolute atomic E-state index is 12.9. The van der Waals surface area contributed by atoms with E-state index in [2.05, 4.69) is 80.3 Å². The van der Waals surface area contributed by atoms with Gasteiger partial charge in [-0.3, -0.25) is 9.59 Å². The molecule has 3 amide bonds. The highest BCUT2D eigenvalue weighted by atomic mass is 32.1. The molecule has 6 aromatic rings. The maximum atomic E-state index is 12.9. The predicted octanol–water partition coefficient (Wildman–Crippen LogP) is 10.4. The van der Waals surface area contributed by atoms with Crippen LogP contribution in [0.2, 0.25) is 0 Å². The molecule has 336 valence electrons. The van der Waals surface area contributed by atoms with Crippen LogP contribution in [0.1, 0.15) is 96.0 Å². The fourth-order valence-corrected chi connectivity index (χ4v) is 12.0. The van der Waals surface area contributed by atoms with Crippen molar-refractivity contribution in [1.29, 1.82) is 0 Å². The molecule has 5 N–H and O–H groups in total. The molecule has 0 atom stereocenters. The van der Waals surface area contributed by atoms with E-state index in [1.807, 2.05) is 57.2 Å². The number of benzene rings is 2. The Kier molecular flexibility index (Phi) is 14.4. The minimum atomic E-state index is -0.542. The van der Waals surface area contributed by atoms with Gasteiger partial charge in [0.1, 0.15) is 25.6 Å². The molecule has 0 radical (unpaired) electrons. The molecule has 0 bridgehead atoms. The number of thiophene rings is 2. The number of aromatic nitrogens is 2. The van der Waals surface area contributed by atoms with E-state index in [9.17, 15) is 14.4 Å². The van der Waals surface area contributed by atoms with Gasteiger partial charge in [-0.25, -0.2) is 14.8 Å². The van der Waals surface area contributed by atoms with Crippen molar-refractivity contribution in [2.75, 3.05) is 36.8 Å². The SMILES string of the molecule is CC(C)(C)NCCC(=O)Nc1sc2c(c1-c1nc3ccccc3s1)CCN(C(=O)OC(C)(C)C)C2.CC(C)(C)NCCC(=O)Nc1sc2c(c1-c1nc3ccccc3s1)CCNC2. The Balaban J connectivity index is 0.000000193. The number of nitrogens with one attached hydrogen (secondary N) is 5. The first-order chi connectivity index (χ1) is 29.8. The highest BCUT2D eigenvalue weighted by molar-refractivity contribution is 7.23. The first-order valence-corrected chi connectivity index (χ1v) is 24.9. The summed E-state index contributed by atoms with van der Waals surface area (Å²) in [7, 11) is 0. The zero-order valence-corrected chi connectivity index (χ0v) is 41.1. The Bertz CT molecular complexity index is 2520. The molecule has 8 rings (SSSR count). The van der Waals surface area contributed by atoms with Crippen LogP contribution in [0.3, 0.4) is 0 Å². The van der Waals surface area contributed by atoms with E-state index in [1.165, 1.54) is 26.5 Å². The summed E-state index contributed by atoms with van der Waals surface area (Å²) in [4.78, 5) is 52.0. The lowest BCUT2D eigenvalue weighted by Crippen LogP contribution is -2.39. The minimum Gasteiger partial charge on any atom is -0.444 e. The number of ether oxygens (including phenoxy) is 1. The van der Waals surface area contributed by atoms with Gasteiger partial charge >= 0.3 is 6.09 Å². The summed E-state index contributed by atoms with van der Waals surface area (Å²) in [5, 5.41) is 20.1. The van der Waals surface area contributed by atoms with Gasteiger partial charge < -0.3 is 36.2 Å². The highest BCUT2D eigenvalue weighted by Crippen LogP contribution is 2.47. The molecule has 12 nitrogen and oxygen atoms in total. The van der Waals surface area contributed by atoms with Crippen molar-refractivity contribution in [3.63, 3.8) is 0 Å². The number of amides is 3. The van der Waals surface area contributed by atoms with E-state index in [0.717, 1.165) is 76.8 Å². The topological polar surface area (TPSA) is 150 Å². The molecule has 0 saturated carbocycles. The first-order valence-electron chi connectivity index (χ1n) is 21.6. The number of rotatable bonds is 10. The minimum absolute atomic E-state index is 0.0140. The van der Waals surface area contributed by atoms with Crippen molar-refractivity contribution >= 4 is 93.7 Å². The molecule has 2 aliphatic rings. The zero-order chi connectivity index (χ0) is 45.1. The number of carbonyl (C=O) groups excluding carboxylic acids is 3. The van der Waals surface area contributed by atoms with Crippen molar-refractivity contribution in [3.8, 4) is 21.1 Å². The summed E-state index contributed by atoms with van der Waals surface area (Å²) in [6.45, 7) is 22.3. The number of hydrogen-bond acceptors (Lipinski definition) is 13. The second kappa shape index (κ2) is 19.4. The van der Waals surface area contributed by atoms with E-state index in [1.54, 1.807) is 38.9 Å². The standard InChI is InChI=1S/C26H34N4O3S2.C21H26N4OS2/c1-25(2,3)27-13-11-20(31)29-23-21(22-28-17-9-7-8-10-18(17)34-22)16-12-14-30(15-19(16)35-23)24(32)33-26(4,5)6;1-21(2,3)23-11-9-17(26)25-20-18(13-8-10-22-12-16(13)28-20)19-24-14-6-4-5-7-15(14)27-19/h7-10,27H,11-15H2,1-6H3,(H,29,31);4-7,22-23H,8-12H2,1-3H3,(H,25,26). The smallest absolute Gasteiger partial charge is 0.410 e. The van der Waals surface area contributed by atoms with Crippen LogP contribution in [-0.4, -0.2) is 75.6 Å². The molecular weight excluding hydrogens is 869 g/mol. The molecule has 4 aromatic heterocycles. The summed E-state index contributed by atoms with van der Waals surface area (Å²) in [6, 6.07) is 16.3. The van der Waals surface area contributed by atoms with E-state index in [0.29, 0.717) is 45.4 Å². The first kappa shape index (κ1) is 46.7. The van der Waals surface area contributed by atoms with Crippen molar-refractivity contribution in [2.45, 2.75) is 118 Å². The quantitative estimate of drug-likeness (QED) is 0.0905. The Morgan fingerprint density at radius 3 is 1.67 bits per heavy atom. The van der Waals surface area contributed by atoms with Crippen LogP contribution in [0.25, 0.3) is 41.6 Å². The van der Waals surface area contributed by atoms with E-state index in [-0.39, 0.29) is 29.0 Å². The molecule has 2 aromatic carbocycles. The van der Waals surface area contributed by atoms with Crippen LogP contribution in [0.15, 0.2) is 48.5 Å². The average molecular weight is 929 g/mol. The molecule has 0 spiro atoms. The molecule has 2 aliphatic heterocycles. The van der Waals surface area contributed by atoms with E-state index in [4.69, 9.17) is 14.7 Å². The van der Waals surface area contributed by atoms with Crippen LogP contribution in [-0.2, 0) is 40.3 Å². The third-order valence-corrected chi connectivity index (χ3v) is 14.6. The number of anilines is 2. The van der Waals surface area contributed by atoms with Gasteiger partial charge in [-0.1, -0.05) is 24.3 Å². The van der Waals surface area contributed by atoms with Gasteiger partial charge in [0.25, 0.3) is 0 Å². The van der Waals surface area contributed by atoms with Gasteiger partial charge in [0, 0.05) is 71.0 Å². The van der Waals surface area contributed by atoms with Crippen molar-refractivity contribution in [2.24, 2.45) is 0 Å².